The number of aromatic nitrogens is 1. The molecule has 33 heavy (non-hydrogen) atoms. The summed E-state index contributed by atoms with van der Waals surface area (Å²) in [7, 11) is 0. The predicted molar refractivity (Wildman–Crippen MR) is 116 cm³/mol. The molecule has 1 heterocycles. The molecule has 0 aliphatic carbocycles. The van der Waals surface area contributed by atoms with Crippen molar-refractivity contribution in [2.45, 2.75) is 24.4 Å². The van der Waals surface area contributed by atoms with Crippen LogP contribution in [0.25, 0.3) is 0 Å². The number of pyridine rings is 1. The number of nitrogens with one attached hydrogen (secondary N) is 1. The number of benzene rings is 2. The van der Waals surface area contributed by atoms with Gasteiger partial charge in [0.05, 0.1) is 0 Å². The number of alkyl halides is 3. The van der Waals surface area contributed by atoms with Crippen LogP contribution in [0.5, 0.6) is 11.5 Å². The molecule has 0 aliphatic rings. The summed E-state index contributed by atoms with van der Waals surface area (Å²) in [6, 6.07) is 15.1. The van der Waals surface area contributed by atoms with Crippen molar-refractivity contribution >= 4 is 26.4 Å². The summed E-state index contributed by atoms with van der Waals surface area (Å²) in [4.78, 5) is 27.0. The average molecular weight is 519 g/mol. The van der Waals surface area contributed by atoms with E-state index in [9.17, 15) is 22.8 Å². The first-order valence-corrected chi connectivity index (χ1v) is 12.0. The Hall–Kier alpha value is -3.32. The van der Waals surface area contributed by atoms with Crippen molar-refractivity contribution in [3.05, 3.63) is 89.2 Å². The van der Waals surface area contributed by atoms with E-state index in [0.717, 1.165) is 17.7 Å². The van der Waals surface area contributed by atoms with E-state index in [1.807, 2.05) is 18.2 Å². The quantitative estimate of drug-likeness (QED) is 0.381. The van der Waals surface area contributed by atoms with Gasteiger partial charge in [-0.1, -0.05) is 0 Å². The zero-order chi connectivity index (χ0) is 23.8. The molecular formula is C23H19AsF3N2O4. The molecule has 6 nitrogen and oxygen atoms in total. The van der Waals surface area contributed by atoms with Crippen molar-refractivity contribution in [2.24, 2.45) is 0 Å². The van der Waals surface area contributed by atoms with Crippen molar-refractivity contribution in [1.82, 2.24) is 10.3 Å². The van der Waals surface area contributed by atoms with E-state index in [0.29, 0.717) is 28.8 Å². The number of hydrogen-bond donors (Lipinski definition) is 2. The van der Waals surface area contributed by atoms with E-state index in [4.69, 9.17) is 9.84 Å². The Balaban J connectivity index is 1.56. The molecule has 0 atom stereocenters. The van der Waals surface area contributed by atoms with Crippen molar-refractivity contribution in [1.29, 1.82) is 0 Å². The van der Waals surface area contributed by atoms with Crippen LogP contribution in [0, 0.1) is 0 Å². The number of carboxylic acid groups (broad SMARTS) is 1. The van der Waals surface area contributed by atoms with Gasteiger partial charge in [-0.2, -0.15) is 0 Å². The molecule has 0 fully saturated rings. The molecule has 3 rings (SSSR count). The first kappa shape index (κ1) is 24.3. The van der Waals surface area contributed by atoms with Gasteiger partial charge in [-0.05, 0) is 0 Å². The van der Waals surface area contributed by atoms with Crippen LogP contribution in [0.2, 0.25) is 5.21 Å². The number of amides is 1. The number of carbonyl (C=O) groups is 2. The first-order chi connectivity index (χ1) is 15.7. The average Bonchev–Trinajstić information content (AvgIpc) is 2.78. The molecule has 0 unspecified atom stereocenters. The van der Waals surface area contributed by atoms with Crippen molar-refractivity contribution in [3.8, 4) is 11.5 Å². The van der Waals surface area contributed by atoms with Gasteiger partial charge in [0, 0.05) is 0 Å². The van der Waals surface area contributed by atoms with E-state index in [1.54, 1.807) is 18.2 Å². The van der Waals surface area contributed by atoms with Crippen LogP contribution < -0.4 is 10.1 Å². The van der Waals surface area contributed by atoms with Crippen LogP contribution in [0.3, 0.4) is 0 Å². The van der Waals surface area contributed by atoms with Gasteiger partial charge in [-0.15, -0.1) is 0 Å². The monoisotopic (exact) mass is 519 g/mol. The third-order valence-corrected chi connectivity index (χ3v) is 6.52. The second-order valence-electron chi connectivity index (χ2n) is 6.91. The number of hydrogen-bond acceptors (Lipinski definition) is 4. The molecule has 1 radical (unpaired) electrons. The van der Waals surface area contributed by atoms with Crippen molar-refractivity contribution in [3.63, 3.8) is 0 Å². The zero-order valence-corrected chi connectivity index (χ0v) is 19.0. The van der Waals surface area contributed by atoms with Gasteiger partial charge in [0.2, 0.25) is 0 Å². The molecule has 0 bridgehead atoms. The summed E-state index contributed by atoms with van der Waals surface area (Å²) in [6.07, 6.45) is -3.52. The van der Waals surface area contributed by atoms with E-state index >= 15 is 0 Å². The van der Waals surface area contributed by atoms with Crippen LogP contribution in [0.15, 0.2) is 66.9 Å². The third-order valence-electron chi connectivity index (χ3n) is 4.44. The number of carbonyl (C=O) groups excluding carboxylic acids is 1. The Morgan fingerprint density at radius 2 is 1.79 bits per heavy atom. The summed E-state index contributed by atoms with van der Waals surface area (Å²) in [5.41, 5.74) is 0.704. The van der Waals surface area contributed by atoms with Gasteiger partial charge >= 0.3 is 185 Å². The Labute approximate surface area is 194 Å². The molecule has 0 aliphatic heterocycles. The fourth-order valence-corrected chi connectivity index (χ4v) is 4.77. The van der Waals surface area contributed by atoms with Gasteiger partial charge < -0.3 is 5.11 Å². The summed E-state index contributed by atoms with van der Waals surface area (Å²) in [5, 5.41) is 11.5. The van der Waals surface area contributed by atoms with Crippen LogP contribution >= 0.6 is 0 Å². The minimum atomic E-state index is -4.48. The second-order valence-corrected chi connectivity index (χ2v) is 9.36. The fourth-order valence-electron chi connectivity index (χ4n) is 2.89. The van der Waals surface area contributed by atoms with Crippen LogP contribution in [-0.2, 0) is 19.1 Å². The minimum absolute atomic E-state index is 0.0512. The van der Waals surface area contributed by atoms with Gasteiger partial charge in [-0.3, -0.25) is 0 Å². The molecule has 1 amide bonds. The molecule has 1 aromatic heterocycles. The van der Waals surface area contributed by atoms with Crippen LogP contribution in [0.4, 0.5) is 18.0 Å². The number of halogens is 3. The number of aryl methyl sites for hydroxylation is 1. The SMILES string of the molecule is O=C(O)NCc1cc(Oc2cccc(CC[As]C(=O)c3cccc(C(F)(F)F)c3)c2)ccn1. The zero-order valence-electron chi connectivity index (χ0n) is 17.2. The standard InChI is InChI=1S/C23H19AsF3N2O4/c25-23(26,27)17-5-2-4-16(12-17)21(30)24-9-7-15-3-1-6-19(11-15)33-20-8-10-28-18(13-20)14-29-22(31)32/h1-6,8,10-13,29H,7,9,14H2,(H,31,32). The third kappa shape index (κ3) is 7.64. The molecule has 2 aromatic carbocycles. The normalized spacial score (nSPS) is 11.5. The number of ether oxygens (including phenoxy) is 1. The maximum atomic E-state index is 12.8. The molecular weight excluding hydrogens is 500 g/mol. The van der Waals surface area contributed by atoms with Gasteiger partial charge in [-0.25, -0.2) is 4.79 Å². The molecule has 0 saturated carbocycles. The molecule has 0 spiro atoms. The fraction of sp³-hybridized carbons (Fsp3) is 0.174. The summed E-state index contributed by atoms with van der Waals surface area (Å²) >= 11 is -0.813. The van der Waals surface area contributed by atoms with E-state index in [-0.39, 0.29) is 16.7 Å². The number of nitrogens with zero attached hydrogens (tertiary/aromatic N) is 1. The van der Waals surface area contributed by atoms with E-state index in [2.05, 4.69) is 10.3 Å². The van der Waals surface area contributed by atoms with Crippen LogP contribution in [0.1, 0.15) is 27.2 Å². The molecule has 0 saturated heterocycles. The molecule has 3 aromatic rings. The predicted octanol–water partition coefficient (Wildman–Crippen LogP) is 5.17. The Morgan fingerprint density at radius 1 is 1.03 bits per heavy atom. The first-order valence-electron chi connectivity index (χ1n) is 9.78. The van der Waals surface area contributed by atoms with Gasteiger partial charge in [0.1, 0.15) is 0 Å². The van der Waals surface area contributed by atoms with Gasteiger partial charge in [0.25, 0.3) is 0 Å². The molecule has 171 valence electrons. The molecule has 2 N–H and O–H groups in total. The Bertz CT molecular complexity index is 1140. The Morgan fingerprint density at radius 3 is 2.55 bits per heavy atom. The summed E-state index contributed by atoms with van der Waals surface area (Å²) in [6.45, 7) is 0.0512. The molecule has 10 heteroatoms. The Kier molecular flexibility index (Phi) is 8.11. The topological polar surface area (TPSA) is 88.5 Å². The van der Waals surface area contributed by atoms with E-state index in [1.165, 1.54) is 18.3 Å². The van der Waals surface area contributed by atoms with Gasteiger partial charge in [0.15, 0.2) is 0 Å². The second kappa shape index (κ2) is 11.0. The summed E-state index contributed by atoms with van der Waals surface area (Å²) in [5.74, 6) is 1.06. The van der Waals surface area contributed by atoms with Crippen molar-refractivity contribution in [2.75, 3.05) is 0 Å². The number of rotatable bonds is 9. The van der Waals surface area contributed by atoms with E-state index < -0.39 is 33.6 Å². The summed E-state index contributed by atoms with van der Waals surface area (Å²) < 4.78 is 44.1. The van der Waals surface area contributed by atoms with Crippen molar-refractivity contribution < 1.29 is 32.6 Å². The van der Waals surface area contributed by atoms with Crippen LogP contribution in [-0.4, -0.2) is 36.5 Å². The maximum absolute atomic E-state index is 12.8.